The average molecular weight is 251 g/mol. The van der Waals surface area contributed by atoms with Gasteiger partial charge >= 0.3 is 0 Å². The van der Waals surface area contributed by atoms with Gasteiger partial charge in [0.1, 0.15) is 5.76 Å². The quantitative estimate of drug-likeness (QED) is 0.841. The molecule has 0 radical (unpaired) electrons. The molecule has 102 valence electrons. The van der Waals surface area contributed by atoms with E-state index in [0.717, 1.165) is 31.0 Å². The van der Waals surface area contributed by atoms with E-state index >= 15 is 0 Å². The van der Waals surface area contributed by atoms with Gasteiger partial charge in [0.05, 0.1) is 5.69 Å². The molecule has 2 N–H and O–H groups in total. The molecule has 0 aliphatic carbocycles. The molecule has 1 aromatic heterocycles. The lowest BCUT2D eigenvalue weighted by Crippen LogP contribution is -2.48. The number of hydrogen-bond acceptors (Lipinski definition) is 4. The van der Waals surface area contributed by atoms with Gasteiger partial charge in [-0.05, 0) is 32.7 Å². The third kappa shape index (κ3) is 3.33. The Labute approximate surface area is 110 Å². The van der Waals surface area contributed by atoms with E-state index in [1.165, 1.54) is 6.42 Å². The molecule has 0 bridgehead atoms. The van der Waals surface area contributed by atoms with E-state index in [0.29, 0.717) is 12.0 Å². The van der Waals surface area contributed by atoms with Gasteiger partial charge in [-0.3, -0.25) is 0 Å². The molecule has 0 unspecified atom stereocenters. The summed E-state index contributed by atoms with van der Waals surface area (Å²) in [4.78, 5) is 0. The lowest BCUT2D eigenvalue weighted by Gasteiger charge is -2.27. The highest BCUT2D eigenvalue weighted by Gasteiger charge is 2.33. The Morgan fingerprint density at radius 2 is 2.33 bits per heavy atom. The van der Waals surface area contributed by atoms with Crippen molar-refractivity contribution in [2.24, 2.45) is 5.92 Å². The van der Waals surface area contributed by atoms with Gasteiger partial charge in [-0.2, -0.15) is 0 Å². The van der Waals surface area contributed by atoms with E-state index < -0.39 is 0 Å². The predicted octanol–water partition coefficient (Wildman–Crippen LogP) is 2.10. The molecule has 2 heterocycles. The van der Waals surface area contributed by atoms with Crippen LogP contribution in [-0.4, -0.2) is 23.3 Å². The molecule has 1 aliphatic heterocycles. The Kier molecular flexibility index (Phi) is 4.07. The van der Waals surface area contributed by atoms with Crippen molar-refractivity contribution < 1.29 is 4.52 Å². The number of nitrogens with one attached hydrogen (secondary N) is 2. The van der Waals surface area contributed by atoms with Crippen molar-refractivity contribution in [3.8, 4) is 0 Å². The summed E-state index contributed by atoms with van der Waals surface area (Å²) >= 11 is 0. The minimum absolute atomic E-state index is 0.171. The van der Waals surface area contributed by atoms with E-state index in [9.17, 15) is 0 Å². The molecule has 4 heteroatoms. The van der Waals surface area contributed by atoms with Crippen molar-refractivity contribution in [3.05, 3.63) is 17.5 Å². The van der Waals surface area contributed by atoms with Crippen LogP contribution >= 0.6 is 0 Å². The highest BCUT2D eigenvalue weighted by Crippen LogP contribution is 2.19. The Morgan fingerprint density at radius 1 is 1.56 bits per heavy atom. The third-order valence-corrected chi connectivity index (χ3v) is 3.63. The van der Waals surface area contributed by atoms with Crippen LogP contribution in [-0.2, 0) is 13.0 Å². The summed E-state index contributed by atoms with van der Waals surface area (Å²) in [6.45, 7) is 10.7. The van der Waals surface area contributed by atoms with E-state index in [4.69, 9.17) is 4.52 Å². The van der Waals surface area contributed by atoms with Crippen LogP contribution in [0.15, 0.2) is 10.6 Å². The molecule has 1 fully saturated rings. The lowest BCUT2D eigenvalue weighted by atomic mass is 9.97. The summed E-state index contributed by atoms with van der Waals surface area (Å²) in [5, 5.41) is 11.2. The number of hydrogen-bond donors (Lipinski definition) is 2. The molecule has 2 rings (SSSR count). The minimum atomic E-state index is 0.171. The molecular formula is C14H25N3O. The summed E-state index contributed by atoms with van der Waals surface area (Å²) < 4.78 is 5.34. The molecule has 0 amide bonds. The molecule has 4 nitrogen and oxygen atoms in total. The van der Waals surface area contributed by atoms with Crippen LogP contribution in [0.25, 0.3) is 0 Å². The summed E-state index contributed by atoms with van der Waals surface area (Å²) in [5.41, 5.74) is 1.18. The van der Waals surface area contributed by atoms with E-state index in [1.54, 1.807) is 0 Å². The van der Waals surface area contributed by atoms with Crippen LogP contribution in [0.1, 0.15) is 45.6 Å². The summed E-state index contributed by atoms with van der Waals surface area (Å²) in [7, 11) is 0. The molecule has 1 aliphatic rings. The van der Waals surface area contributed by atoms with Gasteiger partial charge in [-0.25, -0.2) is 0 Å². The summed E-state index contributed by atoms with van der Waals surface area (Å²) in [6, 6.07) is 2.57. The Balaban J connectivity index is 1.85. The molecule has 18 heavy (non-hydrogen) atoms. The van der Waals surface area contributed by atoms with E-state index in [2.05, 4.69) is 49.6 Å². The molecule has 0 saturated carbocycles. The Hall–Kier alpha value is -0.870. The first-order chi connectivity index (χ1) is 8.47. The van der Waals surface area contributed by atoms with E-state index in [1.807, 2.05) is 0 Å². The zero-order valence-corrected chi connectivity index (χ0v) is 11.9. The van der Waals surface area contributed by atoms with Crippen molar-refractivity contribution in [1.29, 1.82) is 0 Å². The van der Waals surface area contributed by atoms with Gasteiger partial charge in [0.2, 0.25) is 0 Å². The van der Waals surface area contributed by atoms with Gasteiger partial charge in [0.25, 0.3) is 0 Å². The standard InChI is InChI=1S/C14H25N3O/c1-10(2)7-12-8-11(17-18-12)9-15-13-5-6-16-14(13,3)4/h8,10,13,15-16H,5-7,9H2,1-4H3/t13-/m0/s1. The molecule has 0 aromatic carbocycles. The van der Waals surface area contributed by atoms with Gasteiger partial charge in [-0.1, -0.05) is 19.0 Å². The Morgan fingerprint density at radius 3 is 2.94 bits per heavy atom. The fourth-order valence-corrected chi connectivity index (χ4v) is 2.55. The van der Waals surface area contributed by atoms with Crippen molar-refractivity contribution in [2.45, 2.75) is 58.7 Å². The average Bonchev–Trinajstić information content (AvgIpc) is 2.81. The zero-order valence-electron chi connectivity index (χ0n) is 11.9. The molecule has 1 aromatic rings. The fraction of sp³-hybridized carbons (Fsp3) is 0.786. The van der Waals surface area contributed by atoms with Crippen molar-refractivity contribution >= 4 is 0 Å². The second-order valence-corrected chi connectivity index (χ2v) is 6.25. The number of rotatable bonds is 5. The van der Waals surface area contributed by atoms with Crippen LogP contribution in [0.2, 0.25) is 0 Å². The van der Waals surface area contributed by atoms with Crippen molar-refractivity contribution in [1.82, 2.24) is 15.8 Å². The highest BCUT2D eigenvalue weighted by molar-refractivity contribution is 5.07. The highest BCUT2D eigenvalue weighted by atomic mass is 16.5. The number of aromatic nitrogens is 1. The fourth-order valence-electron chi connectivity index (χ4n) is 2.55. The maximum Gasteiger partial charge on any atom is 0.137 e. The first-order valence-electron chi connectivity index (χ1n) is 6.90. The van der Waals surface area contributed by atoms with Crippen LogP contribution in [0.4, 0.5) is 0 Å². The third-order valence-electron chi connectivity index (χ3n) is 3.63. The molecule has 0 spiro atoms. The molecular weight excluding hydrogens is 226 g/mol. The Bertz CT molecular complexity index is 384. The van der Waals surface area contributed by atoms with Crippen LogP contribution < -0.4 is 10.6 Å². The SMILES string of the molecule is CC(C)Cc1cc(CN[C@H]2CCNC2(C)C)no1. The maximum atomic E-state index is 5.34. The van der Waals surface area contributed by atoms with Gasteiger partial charge < -0.3 is 15.2 Å². The van der Waals surface area contributed by atoms with Crippen molar-refractivity contribution in [3.63, 3.8) is 0 Å². The topological polar surface area (TPSA) is 50.1 Å². The lowest BCUT2D eigenvalue weighted by molar-refractivity contribution is 0.337. The van der Waals surface area contributed by atoms with Crippen molar-refractivity contribution in [2.75, 3.05) is 6.54 Å². The molecule has 1 saturated heterocycles. The largest absolute Gasteiger partial charge is 0.361 e. The minimum Gasteiger partial charge on any atom is -0.361 e. The predicted molar refractivity (Wildman–Crippen MR) is 72.4 cm³/mol. The monoisotopic (exact) mass is 251 g/mol. The van der Waals surface area contributed by atoms with Crippen LogP contribution in [0, 0.1) is 5.92 Å². The summed E-state index contributed by atoms with van der Waals surface area (Å²) in [5.74, 6) is 1.60. The molecule has 1 atom stereocenters. The van der Waals surface area contributed by atoms with E-state index in [-0.39, 0.29) is 5.54 Å². The second-order valence-electron chi connectivity index (χ2n) is 6.25. The summed E-state index contributed by atoms with van der Waals surface area (Å²) in [6.07, 6.45) is 2.13. The van der Waals surface area contributed by atoms with Crippen LogP contribution in [0.5, 0.6) is 0 Å². The first-order valence-corrected chi connectivity index (χ1v) is 6.90. The number of nitrogens with zero attached hydrogens (tertiary/aromatic N) is 1. The smallest absolute Gasteiger partial charge is 0.137 e. The second kappa shape index (κ2) is 5.41. The van der Waals surface area contributed by atoms with Crippen LogP contribution in [0.3, 0.4) is 0 Å². The van der Waals surface area contributed by atoms with Gasteiger partial charge in [-0.15, -0.1) is 0 Å². The van der Waals surface area contributed by atoms with Gasteiger partial charge in [0, 0.05) is 30.6 Å². The maximum absolute atomic E-state index is 5.34. The normalized spacial score (nSPS) is 22.8. The van der Waals surface area contributed by atoms with Gasteiger partial charge in [0.15, 0.2) is 0 Å². The zero-order chi connectivity index (χ0) is 13.2. The first kappa shape index (κ1) is 13.6.